The summed E-state index contributed by atoms with van der Waals surface area (Å²) in [6.45, 7) is 14.4. The summed E-state index contributed by atoms with van der Waals surface area (Å²) in [5.74, 6) is 1.08. The Bertz CT molecular complexity index is 655. The van der Waals surface area contributed by atoms with Crippen LogP contribution in [0.15, 0.2) is 24.3 Å². The molecule has 0 aliphatic carbocycles. The van der Waals surface area contributed by atoms with Crippen LogP contribution >= 0.6 is 0 Å². The van der Waals surface area contributed by atoms with Gasteiger partial charge in [-0.3, -0.25) is 9.69 Å². The molecule has 4 heterocycles. The van der Waals surface area contributed by atoms with Crippen LogP contribution in [-0.2, 0) is 5.41 Å². The maximum absolute atomic E-state index is 13.0. The Labute approximate surface area is 164 Å². The molecule has 5 rings (SSSR count). The van der Waals surface area contributed by atoms with Gasteiger partial charge < -0.3 is 9.80 Å². The summed E-state index contributed by atoms with van der Waals surface area (Å²) < 4.78 is 0. The Balaban J connectivity index is 1.38. The number of fused-ring (bicyclic) bond motifs is 3. The molecule has 0 saturated carbocycles. The van der Waals surface area contributed by atoms with Crippen molar-refractivity contribution in [2.75, 3.05) is 45.8 Å². The highest BCUT2D eigenvalue weighted by molar-refractivity contribution is 5.94. The van der Waals surface area contributed by atoms with Gasteiger partial charge in [0.2, 0.25) is 0 Å². The van der Waals surface area contributed by atoms with Crippen molar-refractivity contribution in [2.45, 2.75) is 51.5 Å². The topological polar surface area (TPSA) is 26.8 Å². The first-order valence-corrected chi connectivity index (χ1v) is 10.8. The van der Waals surface area contributed by atoms with Crippen LogP contribution < -0.4 is 0 Å². The predicted molar refractivity (Wildman–Crippen MR) is 110 cm³/mol. The van der Waals surface area contributed by atoms with Crippen molar-refractivity contribution in [1.82, 2.24) is 14.7 Å². The zero-order chi connectivity index (χ0) is 19.0. The maximum Gasteiger partial charge on any atom is 0.253 e. The van der Waals surface area contributed by atoms with E-state index in [-0.39, 0.29) is 11.3 Å². The molecule has 148 valence electrons. The van der Waals surface area contributed by atoms with E-state index in [1.165, 1.54) is 38.0 Å². The van der Waals surface area contributed by atoms with Gasteiger partial charge in [0, 0.05) is 44.3 Å². The van der Waals surface area contributed by atoms with E-state index < -0.39 is 0 Å². The minimum absolute atomic E-state index is 0.125. The number of piperidine rings is 3. The molecule has 4 nitrogen and oxygen atoms in total. The van der Waals surface area contributed by atoms with Crippen LogP contribution in [-0.4, -0.2) is 72.5 Å². The third-order valence-electron chi connectivity index (χ3n) is 6.91. The Kier molecular flexibility index (Phi) is 5.30. The number of nitrogens with zero attached hydrogens (tertiary/aromatic N) is 3. The molecule has 4 fully saturated rings. The zero-order valence-corrected chi connectivity index (χ0v) is 17.3. The second-order valence-electron chi connectivity index (χ2n) is 9.71. The lowest BCUT2D eigenvalue weighted by Crippen LogP contribution is -2.57. The summed E-state index contributed by atoms with van der Waals surface area (Å²) >= 11 is 0. The second-order valence-corrected chi connectivity index (χ2v) is 9.71. The predicted octanol–water partition coefficient (Wildman–Crippen LogP) is 3.23. The molecule has 4 saturated heterocycles. The number of amides is 1. The van der Waals surface area contributed by atoms with E-state index in [0.717, 1.165) is 44.1 Å². The fraction of sp³-hybridized carbons (Fsp3) is 0.696. The summed E-state index contributed by atoms with van der Waals surface area (Å²) in [7, 11) is 0. The molecule has 0 spiro atoms. The average Bonchev–Trinajstić information content (AvgIpc) is 2.94. The minimum Gasteiger partial charge on any atom is -0.337 e. The van der Waals surface area contributed by atoms with Gasteiger partial charge in [0.25, 0.3) is 5.91 Å². The fourth-order valence-corrected chi connectivity index (χ4v) is 5.12. The number of hydrogen-bond acceptors (Lipinski definition) is 3. The quantitative estimate of drug-likeness (QED) is 0.801. The highest BCUT2D eigenvalue weighted by Crippen LogP contribution is 2.31. The molecule has 4 aliphatic heterocycles. The molecule has 4 aliphatic rings. The molecular formula is C23H35N3O. The smallest absolute Gasteiger partial charge is 0.253 e. The number of hydrogen-bond donors (Lipinski definition) is 0. The van der Waals surface area contributed by atoms with Crippen LogP contribution in [0.5, 0.6) is 0 Å². The SMILES string of the molecule is CC(C)(C)c1ccc(C(=O)N2CCCN(C3CN4CCC3CC4)CC2)cc1. The summed E-state index contributed by atoms with van der Waals surface area (Å²) in [5.41, 5.74) is 2.24. The molecule has 0 N–H and O–H groups in total. The summed E-state index contributed by atoms with van der Waals surface area (Å²) in [4.78, 5) is 20.4. The van der Waals surface area contributed by atoms with E-state index in [4.69, 9.17) is 0 Å². The normalized spacial score (nSPS) is 29.6. The molecule has 1 atom stereocenters. The average molecular weight is 370 g/mol. The van der Waals surface area contributed by atoms with Gasteiger partial charge in [-0.05, 0) is 61.4 Å². The third-order valence-corrected chi connectivity index (χ3v) is 6.91. The lowest BCUT2D eigenvalue weighted by molar-refractivity contribution is 0.00705. The Morgan fingerprint density at radius 3 is 2.22 bits per heavy atom. The summed E-state index contributed by atoms with van der Waals surface area (Å²) in [6, 6.07) is 8.97. The first-order chi connectivity index (χ1) is 12.9. The number of carbonyl (C=O) groups excluding carboxylic acids is 1. The monoisotopic (exact) mass is 369 g/mol. The van der Waals surface area contributed by atoms with Crippen molar-refractivity contribution in [3.63, 3.8) is 0 Å². The van der Waals surface area contributed by atoms with E-state index in [0.29, 0.717) is 6.04 Å². The molecule has 0 aromatic heterocycles. The Morgan fingerprint density at radius 1 is 0.926 bits per heavy atom. The molecule has 1 amide bonds. The van der Waals surface area contributed by atoms with Crippen LogP contribution in [0.25, 0.3) is 0 Å². The van der Waals surface area contributed by atoms with Crippen LogP contribution in [0, 0.1) is 5.92 Å². The number of benzene rings is 1. The van der Waals surface area contributed by atoms with Crippen molar-refractivity contribution in [3.8, 4) is 0 Å². The van der Waals surface area contributed by atoms with Crippen molar-refractivity contribution in [1.29, 1.82) is 0 Å². The Morgan fingerprint density at radius 2 is 1.63 bits per heavy atom. The van der Waals surface area contributed by atoms with Gasteiger partial charge >= 0.3 is 0 Å². The lowest BCUT2D eigenvalue weighted by Gasteiger charge is -2.49. The van der Waals surface area contributed by atoms with E-state index in [1.807, 2.05) is 12.1 Å². The molecule has 27 heavy (non-hydrogen) atoms. The molecule has 1 unspecified atom stereocenters. The molecule has 0 radical (unpaired) electrons. The molecule has 2 bridgehead atoms. The van der Waals surface area contributed by atoms with Crippen molar-refractivity contribution >= 4 is 5.91 Å². The van der Waals surface area contributed by atoms with Gasteiger partial charge in [-0.1, -0.05) is 32.9 Å². The van der Waals surface area contributed by atoms with Gasteiger partial charge in [-0.25, -0.2) is 0 Å². The van der Waals surface area contributed by atoms with Gasteiger partial charge in [-0.2, -0.15) is 0 Å². The zero-order valence-electron chi connectivity index (χ0n) is 17.3. The number of carbonyl (C=O) groups is 1. The lowest BCUT2D eigenvalue weighted by atomic mass is 9.83. The second kappa shape index (κ2) is 7.56. The Hall–Kier alpha value is -1.39. The first-order valence-electron chi connectivity index (χ1n) is 10.8. The molecule has 1 aromatic rings. The standard InChI is InChI=1S/C23H35N3O/c1-23(2,3)20-7-5-19(6-8-20)22(27)26-12-4-11-25(15-16-26)21-17-24-13-9-18(21)10-14-24/h5-8,18,21H,4,9-17H2,1-3H3. The van der Waals surface area contributed by atoms with Crippen LogP contribution in [0.1, 0.15) is 56.0 Å². The van der Waals surface area contributed by atoms with Crippen LogP contribution in [0.4, 0.5) is 0 Å². The highest BCUT2D eigenvalue weighted by Gasteiger charge is 2.38. The molecular weight excluding hydrogens is 334 g/mol. The van der Waals surface area contributed by atoms with Crippen LogP contribution in [0.2, 0.25) is 0 Å². The maximum atomic E-state index is 13.0. The van der Waals surface area contributed by atoms with E-state index in [1.54, 1.807) is 0 Å². The van der Waals surface area contributed by atoms with Crippen molar-refractivity contribution in [2.24, 2.45) is 5.92 Å². The van der Waals surface area contributed by atoms with Gasteiger partial charge in [0.05, 0.1) is 0 Å². The van der Waals surface area contributed by atoms with Gasteiger partial charge in [0.15, 0.2) is 0 Å². The highest BCUT2D eigenvalue weighted by atomic mass is 16.2. The fourth-order valence-electron chi connectivity index (χ4n) is 5.12. The van der Waals surface area contributed by atoms with Gasteiger partial charge in [0.1, 0.15) is 0 Å². The van der Waals surface area contributed by atoms with Crippen molar-refractivity contribution < 1.29 is 4.79 Å². The summed E-state index contributed by atoms with van der Waals surface area (Å²) in [6.07, 6.45) is 3.82. The molecule has 1 aromatic carbocycles. The van der Waals surface area contributed by atoms with Crippen LogP contribution in [0.3, 0.4) is 0 Å². The van der Waals surface area contributed by atoms with E-state index in [2.05, 4.69) is 47.6 Å². The van der Waals surface area contributed by atoms with Gasteiger partial charge in [-0.15, -0.1) is 0 Å². The minimum atomic E-state index is 0.125. The van der Waals surface area contributed by atoms with E-state index >= 15 is 0 Å². The van der Waals surface area contributed by atoms with E-state index in [9.17, 15) is 4.79 Å². The molecule has 4 heteroatoms. The first kappa shape index (κ1) is 18.9. The number of rotatable bonds is 2. The van der Waals surface area contributed by atoms with Crippen molar-refractivity contribution in [3.05, 3.63) is 35.4 Å². The third kappa shape index (κ3) is 4.07. The largest absolute Gasteiger partial charge is 0.337 e. The summed E-state index contributed by atoms with van der Waals surface area (Å²) in [5, 5.41) is 0.